The first kappa shape index (κ1) is 21.2. The molecule has 2 atom stereocenters. The molecule has 2 unspecified atom stereocenters. The highest BCUT2D eigenvalue weighted by atomic mass is 16.5. The summed E-state index contributed by atoms with van der Waals surface area (Å²) >= 11 is 0. The van der Waals surface area contributed by atoms with Crippen molar-refractivity contribution in [3.8, 4) is 0 Å². The first-order valence-electron chi connectivity index (χ1n) is 8.09. The number of amides is 3. The number of carbonyl (C=O) groups is 3. The SMILES string of the molecule is CC.CNC(=O)C1CCCN1C(=O)C(NC(=O)OC)C(C)(C)C. The van der Waals surface area contributed by atoms with E-state index < -0.39 is 23.6 Å². The van der Waals surface area contributed by atoms with Gasteiger partial charge in [0, 0.05) is 13.6 Å². The van der Waals surface area contributed by atoms with Crippen LogP contribution in [0.25, 0.3) is 0 Å². The summed E-state index contributed by atoms with van der Waals surface area (Å²) in [5, 5.41) is 5.15. The highest BCUT2D eigenvalue weighted by Crippen LogP contribution is 2.25. The number of rotatable bonds is 3. The predicted molar refractivity (Wildman–Crippen MR) is 88.9 cm³/mol. The van der Waals surface area contributed by atoms with Gasteiger partial charge in [0.15, 0.2) is 0 Å². The molecule has 1 aliphatic heterocycles. The predicted octanol–water partition coefficient (Wildman–Crippen LogP) is 1.52. The topological polar surface area (TPSA) is 87.7 Å². The molecule has 0 aliphatic carbocycles. The smallest absolute Gasteiger partial charge is 0.407 e. The third kappa shape index (κ3) is 5.73. The minimum absolute atomic E-state index is 0.174. The van der Waals surface area contributed by atoms with E-state index in [-0.39, 0.29) is 11.8 Å². The molecule has 0 saturated carbocycles. The standard InChI is InChI=1S/C14H25N3O4.C2H6/c1-14(2,3)10(16-13(20)21-5)12(19)17-8-6-7-9(17)11(18)15-4;1-2/h9-10H,6-8H2,1-5H3,(H,15,18)(H,16,20);1-2H3. The lowest BCUT2D eigenvalue weighted by molar-refractivity contribution is -0.141. The highest BCUT2D eigenvalue weighted by molar-refractivity contribution is 5.92. The van der Waals surface area contributed by atoms with E-state index in [4.69, 9.17) is 0 Å². The number of nitrogens with one attached hydrogen (secondary N) is 2. The quantitative estimate of drug-likeness (QED) is 0.822. The fourth-order valence-electron chi connectivity index (χ4n) is 2.46. The van der Waals surface area contributed by atoms with Gasteiger partial charge in [-0.3, -0.25) is 9.59 Å². The van der Waals surface area contributed by atoms with Crippen molar-refractivity contribution >= 4 is 17.9 Å². The molecule has 0 aromatic carbocycles. The number of hydrogen-bond donors (Lipinski definition) is 2. The van der Waals surface area contributed by atoms with E-state index in [0.717, 1.165) is 6.42 Å². The molecule has 7 heteroatoms. The van der Waals surface area contributed by atoms with Gasteiger partial charge in [-0.15, -0.1) is 0 Å². The summed E-state index contributed by atoms with van der Waals surface area (Å²) in [5.74, 6) is -0.425. The monoisotopic (exact) mass is 329 g/mol. The summed E-state index contributed by atoms with van der Waals surface area (Å²) in [6, 6.07) is -1.21. The molecular weight excluding hydrogens is 298 g/mol. The maximum Gasteiger partial charge on any atom is 0.407 e. The van der Waals surface area contributed by atoms with Crippen molar-refractivity contribution in [1.29, 1.82) is 0 Å². The van der Waals surface area contributed by atoms with Crippen LogP contribution in [-0.2, 0) is 14.3 Å². The lowest BCUT2D eigenvalue weighted by Crippen LogP contribution is -2.57. The summed E-state index contributed by atoms with van der Waals surface area (Å²) in [4.78, 5) is 37.6. The van der Waals surface area contributed by atoms with Crippen LogP contribution in [-0.4, -0.2) is 55.6 Å². The van der Waals surface area contributed by atoms with Crippen LogP contribution in [0.2, 0.25) is 0 Å². The van der Waals surface area contributed by atoms with Gasteiger partial charge in [-0.25, -0.2) is 4.79 Å². The Hall–Kier alpha value is -1.79. The van der Waals surface area contributed by atoms with Crippen LogP contribution in [0.1, 0.15) is 47.5 Å². The summed E-state index contributed by atoms with van der Waals surface area (Å²) in [6.45, 7) is 10.1. The van der Waals surface area contributed by atoms with E-state index in [0.29, 0.717) is 13.0 Å². The van der Waals surface area contributed by atoms with Gasteiger partial charge in [-0.1, -0.05) is 34.6 Å². The molecule has 1 saturated heterocycles. The maximum atomic E-state index is 12.8. The van der Waals surface area contributed by atoms with Gasteiger partial charge in [-0.2, -0.15) is 0 Å². The molecule has 1 aliphatic rings. The lowest BCUT2D eigenvalue weighted by atomic mass is 9.85. The Balaban J connectivity index is 0.00000232. The number of hydrogen-bond acceptors (Lipinski definition) is 4. The fourth-order valence-corrected chi connectivity index (χ4v) is 2.46. The second-order valence-corrected chi connectivity index (χ2v) is 6.24. The first-order valence-corrected chi connectivity index (χ1v) is 8.09. The number of carbonyl (C=O) groups excluding carboxylic acids is 3. The third-order valence-electron chi connectivity index (χ3n) is 3.65. The first-order chi connectivity index (χ1) is 10.7. The average Bonchev–Trinajstić information content (AvgIpc) is 3.01. The Labute approximate surface area is 139 Å². The van der Waals surface area contributed by atoms with Gasteiger partial charge in [0.2, 0.25) is 11.8 Å². The van der Waals surface area contributed by atoms with Crippen LogP contribution in [0.3, 0.4) is 0 Å². The number of ether oxygens (including phenoxy) is 1. The molecule has 0 aromatic rings. The van der Waals surface area contributed by atoms with Crippen molar-refractivity contribution in [2.45, 2.75) is 59.5 Å². The van der Waals surface area contributed by atoms with E-state index in [1.807, 2.05) is 34.6 Å². The molecule has 0 radical (unpaired) electrons. The zero-order valence-corrected chi connectivity index (χ0v) is 15.4. The molecule has 23 heavy (non-hydrogen) atoms. The van der Waals surface area contributed by atoms with E-state index >= 15 is 0 Å². The summed E-state index contributed by atoms with van der Waals surface area (Å²) < 4.78 is 4.58. The van der Waals surface area contributed by atoms with Crippen LogP contribution in [0.5, 0.6) is 0 Å². The molecule has 3 amide bonds. The van der Waals surface area contributed by atoms with Gasteiger partial charge in [-0.05, 0) is 18.3 Å². The summed E-state index contributed by atoms with van der Waals surface area (Å²) in [7, 11) is 2.81. The Morgan fingerprint density at radius 2 is 1.78 bits per heavy atom. The number of methoxy groups -OCH3 is 1. The minimum atomic E-state index is -0.741. The third-order valence-corrected chi connectivity index (χ3v) is 3.65. The van der Waals surface area contributed by atoms with Crippen LogP contribution in [0.15, 0.2) is 0 Å². The number of likely N-dealkylation sites (tertiary alicyclic amines) is 1. The summed E-state index contributed by atoms with van der Waals surface area (Å²) in [6.07, 6.45) is 0.762. The second-order valence-electron chi connectivity index (χ2n) is 6.24. The van der Waals surface area contributed by atoms with Crippen molar-refractivity contribution in [2.24, 2.45) is 5.41 Å². The minimum Gasteiger partial charge on any atom is -0.453 e. The van der Waals surface area contributed by atoms with Crippen molar-refractivity contribution < 1.29 is 19.1 Å². The van der Waals surface area contributed by atoms with Crippen molar-refractivity contribution in [2.75, 3.05) is 20.7 Å². The van der Waals surface area contributed by atoms with E-state index in [1.165, 1.54) is 7.11 Å². The molecule has 1 heterocycles. The molecule has 0 spiro atoms. The lowest BCUT2D eigenvalue weighted by Gasteiger charge is -2.34. The molecule has 2 N–H and O–H groups in total. The Morgan fingerprint density at radius 1 is 1.22 bits per heavy atom. The molecule has 0 aromatic heterocycles. The molecule has 0 bridgehead atoms. The van der Waals surface area contributed by atoms with Gasteiger partial charge >= 0.3 is 6.09 Å². The number of nitrogens with zero attached hydrogens (tertiary/aromatic N) is 1. The molecule has 7 nitrogen and oxygen atoms in total. The van der Waals surface area contributed by atoms with Crippen LogP contribution in [0.4, 0.5) is 4.79 Å². The van der Waals surface area contributed by atoms with Gasteiger partial charge in [0.1, 0.15) is 12.1 Å². The van der Waals surface area contributed by atoms with E-state index in [1.54, 1.807) is 11.9 Å². The van der Waals surface area contributed by atoms with Crippen molar-refractivity contribution in [1.82, 2.24) is 15.5 Å². The van der Waals surface area contributed by atoms with Gasteiger partial charge in [0.25, 0.3) is 0 Å². The molecule has 134 valence electrons. The van der Waals surface area contributed by atoms with Crippen LogP contribution in [0, 0.1) is 5.41 Å². The average molecular weight is 329 g/mol. The van der Waals surface area contributed by atoms with E-state index in [9.17, 15) is 14.4 Å². The molecular formula is C16H31N3O4. The zero-order chi connectivity index (χ0) is 18.2. The Kier molecular flexibility index (Phi) is 8.64. The number of alkyl carbamates (subject to hydrolysis) is 1. The second kappa shape index (κ2) is 9.37. The van der Waals surface area contributed by atoms with Gasteiger partial charge < -0.3 is 20.3 Å². The van der Waals surface area contributed by atoms with Crippen molar-refractivity contribution in [3.05, 3.63) is 0 Å². The fraction of sp³-hybridized carbons (Fsp3) is 0.812. The molecule has 1 rings (SSSR count). The van der Waals surface area contributed by atoms with Crippen molar-refractivity contribution in [3.63, 3.8) is 0 Å². The normalized spacial score (nSPS) is 18.4. The Morgan fingerprint density at radius 3 is 2.22 bits per heavy atom. The largest absolute Gasteiger partial charge is 0.453 e. The van der Waals surface area contributed by atoms with Gasteiger partial charge in [0.05, 0.1) is 7.11 Å². The Bertz CT molecular complexity index is 418. The summed E-state index contributed by atoms with van der Waals surface area (Å²) in [5.41, 5.74) is -0.485. The number of likely N-dealkylation sites (N-methyl/N-ethyl adjacent to an activating group) is 1. The highest BCUT2D eigenvalue weighted by Gasteiger charge is 2.41. The van der Waals surface area contributed by atoms with Crippen LogP contribution >= 0.6 is 0 Å². The van der Waals surface area contributed by atoms with Crippen LogP contribution < -0.4 is 10.6 Å². The maximum absolute atomic E-state index is 12.8. The molecule has 1 fully saturated rings. The zero-order valence-electron chi connectivity index (χ0n) is 15.4. The van der Waals surface area contributed by atoms with E-state index in [2.05, 4.69) is 15.4 Å².